The van der Waals surface area contributed by atoms with Gasteiger partial charge in [0.1, 0.15) is 11.4 Å². The SMILES string of the molecule is CCN(CC)c1ccc(NC(=O)Cn2cnc3scc(-c4ccc(C)cc4)c3c2=O)cc1. The van der Waals surface area contributed by atoms with E-state index in [0.717, 1.165) is 35.5 Å². The molecule has 0 saturated heterocycles. The number of rotatable bonds is 7. The van der Waals surface area contributed by atoms with Crippen molar-refractivity contribution in [1.82, 2.24) is 9.55 Å². The number of hydrogen-bond acceptors (Lipinski definition) is 5. The second kappa shape index (κ2) is 9.36. The smallest absolute Gasteiger partial charge is 0.263 e. The standard InChI is InChI=1S/C25H26N4O2S/c1-4-28(5-2)20-12-10-19(11-13-20)27-22(30)14-29-16-26-24-23(25(29)31)21(15-32-24)18-8-6-17(3)7-9-18/h6-13,15-16H,4-5,14H2,1-3H3,(H,27,30). The van der Waals surface area contributed by atoms with Crippen molar-refractivity contribution in [3.05, 3.63) is 76.2 Å². The summed E-state index contributed by atoms with van der Waals surface area (Å²) >= 11 is 1.44. The molecule has 4 rings (SSSR count). The summed E-state index contributed by atoms with van der Waals surface area (Å²) in [6, 6.07) is 15.8. The molecule has 0 bridgehead atoms. The van der Waals surface area contributed by atoms with Gasteiger partial charge in [-0.1, -0.05) is 29.8 Å². The third-order valence-electron chi connectivity index (χ3n) is 5.52. The first kappa shape index (κ1) is 21.8. The molecule has 0 aliphatic rings. The summed E-state index contributed by atoms with van der Waals surface area (Å²) in [5.41, 5.74) is 4.58. The Morgan fingerprint density at radius 2 is 1.75 bits per heavy atom. The highest BCUT2D eigenvalue weighted by molar-refractivity contribution is 7.17. The molecule has 32 heavy (non-hydrogen) atoms. The zero-order valence-electron chi connectivity index (χ0n) is 18.5. The Bertz CT molecular complexity index is 1290. The zero-order valence-corrected chi connectivity index (χ0v) is 19.3. The fraction of sp³-hybridized carbons (Fsp3) is 0.240. The largest absolute Gasteiger partial charge is 0.372 e. The van der Waals surface area contributed by atoms with Gasteiger partial charge in [0, 0.05) is 35.4 Å². The normalized spacial score (nSPS) is 11.0. The summed E-state index contributed by atoms with van der Waals surface area (Å²) in [5.74, 6) is -0.268. The van der Waals surface area contributed by atoms with Gasteiger partial charge >= 0.3 is 0 Å². The second-order valence-corrected chi connectivity index (χ2v) is 8.50. The number of benzene rings is 2. The van der Waals surface area contributed by atoms with Crippen molar-refractivity contribution in [2.75, 3.05) is 23.3 Å². The Morgan fingerprint density at radius 1 is 1.06 bits per heavy atom. The first-order valence-electron chi connectivity index (χ1n) is 10.7. The molecule has 7 heteroatoms. The van der Waals surface area contributed by atoms with E-state index in [1.807, 2.05) is 60.8 Å². The summed E-state index contributed by atoms with van der Waals surface area (Å²) in [6.07, 6.45) is 1.45. The molecule has 0 aliphatic heterocycles. The van der Waals surface area contributed by atoms with E-state index in [0.29, 0.717) is 15.9 Å². The first-order valence-corrected chi connectivity index (χ1v) is 11.6. The van der Waals surface area contributed by atoms with Crippen LogP contribution in [0.5, 0.6) is 0 Å². The average Bonchev–Trinajstić information content (AvgIpc) is 3.23. The first-order chi connectivity index (χ1) is 15.5. The van der Waals surface area contributed by atoms with E-state index in [1.165, 1.54) is 22.2 Å². The number of aryl methyl sites for hydroxylation is 1. The molecule has 2 heterocycles. The van der Waals surface area contributed by atoms with Crippen LogP contribution in [0.3, 0.4) is 0 Å². The van der Waals surface area contributed by atoms with Crippen LogP contribution in [-0.4, -0.2) is 28.5 Å². The van der Waals surface area contributed by atoms with E-state index in [2.05, 4.69) is 29.0 Å². The molecule has 0 unspecified atom stereocenters. The molecular formula is C25H26N4O2S. The van der Waals surface area contributed by atoms with E-state index in [1.54, 1.807) is 0 Å². The van der Waals surface area contributed by atoms with Gasteiger partial charge < -0.3 is 10.2 Å². The summed E-state index contributed by atoms with van der Waals surface area (Å²) < 4.78 is 1.37. The van der Waals surface area contributed by atoms with Gasteiger partial charge in [0.05, 0.1) is 11.7 Å². The van der Waals surface area contributed by atoms with Gasteiger partial charge in [-0.3, -0.25) is 14.2 Å². The van der Waals surface area contributed by atoms with Crippen molar-refractivity contribution in [2.45, 2.75) is 27.3 Å². The minimum absolute atomic E-state index is 0.0945. The van der Waals surface area contributed by atoms with E-state index < -0.39 is 0 Å². The molecule has 4 aromatic rings. The lowest BCUT2D eigenvalue weighted by atomic mass is 10.1. The number of nitrogens with zero attached hydrogens (tertiary/aromatic N) is 3. The van der Waals surface area contributed by atoms with Gasteiger partial charge in [0.2, 0.25) is 5.91 Å². The maximum atomic E-state index is 13.2. The number of carbonyl (C=O) groups excluding carboxylic acids is 1. The van der Waals surface area contributed by atoms with Gasteiger partial charge in [-0.25, -0.2) is 4.98 Å². The molecule has 0 saturated carbocycles. The van der Waals surface area contributed by atoms with Crippen LogP contribution in [0.1, 0.15) is 19.4 Å². The maximum Gasteiger partial charge on any atom is 0.263 e. The van der Waals surface area contributed by atoms with E-state index in [9.17, 15) is 9.59 Å². The number of carbonyl (C=O) groups is 1. The number of aromatic nitrogens is 2. The molecule has 0 radical (unpaired) electrons. The predicted molar refractivity (Wildman–Crippen MR) is 133 cm³/mol. The fourth-order valence-corrected chi connectivity index (χ4v) is 4.63. The highest BCUT2D eigenvalue weighted by Gasteiger charge is 2.15. The summed E-state index contributed by atoms with van der Waals surface area (Å²) in [7, 11) is 0. The van der Waals surface area contributed by atoms with E-state index >= 15 is 0 Å². The van der Waals surface area contributed by atoms with Crippen LogP contribution in [0.4, 0.5) is 11.4 Å². The number of thiophene rings is 1. The quantitative estimate of drug-likeness (QED) is 0.438. The van der Waals surface area contributed by atoms with Crippen molar-refractivity contribution >= 4 is 38.8 Å². The summed E-state index contributed by atoms with van der Waals surface area (Å²) in [6.45, 7) is 8.00. The van der Waals surface area contributed by atoms with Crippen molar-refractivity contribution in [1.29, 1.82) is 0 Å². The highest BCUT2D eigenvalue weighted by atomic mass is 32.1. The molecule has 2 aromatic heterocycles. The minimum atomic E-state index is -0.268. The number of amides is 1. The lowest BCUT2D eigenvalue weighted by Crippen LogP contribution is -2.27. The number of hydrogen-bond donors (Lipinski definition) is 1. The third kappa shape index (κ3) is 4.43. The monoisotopic (exact) mass is 446 g/mol. The molecular weight excluding hydrogens is 420 g/mol. The van der Waals surface area contributed by atoms with Crippen LogP contribution < -0.4 is 15.8 Å². The van der Waals surface area contributed by atoms with E-state index in [4.69, 9.17) is 0 Å². The molecule has 0 spiro atoms. The van der Waals surface area contributed by atoms with Crippen molar-refractivity contribution in [3.63, 3.8) is 0 Å². The average molecular weight is 447 g/mol. The predicted octanol–water partition coefficient (Wildman–Crippen LogP) is 4.92. The second-order valence-electron chi connectivity index (χ2n) is 7.64. The molecule has 0 aliphatic carbocycles. The Labute approximate surface area is 191 Å². The maximum absolute atomic E-state index is 13.2. The third-order valence-corrected chi connectivity index (χ3v) is 6.40. The van der Waals surface area contributed by atoms with Crippen LogP contribution in [0.2, 0.25) is 0 Å². The Kier molecular flexibility index (Phi) is 6.37. The molecule has 6 nitrogen and oxygen atoms in total. The van der Waals surface area contributed by atoms with Gasteiger partial charge in [0.25, 0.3) is 5.56 Å². The van der Waals surface area contributed by atoms with Crippen molar-refractivity contribution in [2.24, 2.45) is 0 Å². The van der Waals surface area contributed by atoms with Gasteiger partial charge in [0.15, 0.2) is 0 Å². The highest BCUT2D eigenvalue weighted by Crippen LogP contribution is 2.30. The summed E-state index contributed by atoms with van der Waals surface area (Å²) in [5, 5.41) is 5.38. The van der Waals surface area contributed by atoms with Gasteiger partial charge in [-0.2, -0.15) is 0 Å². The van der Waals surface area contributed by atoms with Crippen molar-refractivity contribution < 1.29 is 4.79 Å². The molecule has 0 atom stereocenters. The lowest BCUT2D eigenvalue weighted by molar-refractivity contribution is -0.116. The lowest BCUT2D eigenvalue weighted by Gasteiger charge is -2.21. The van der Waals surface area contributed by atoms with Gasteiger partial charge in [-0.05, 0) is 50.6 Å². The zero-order chi connectivity index (χ0) is 22.7. The Balaban J connectivity index is 1.55. The Hall–Kier alpha value is -3.45. The molecule has 1 amide bonds. The molecule has 2 aromatic carbocycles. The Morgan fingerprint density at radius 3 is 2.41 bits per heavy atom. The summed E-state index contributed by atoms with van der Waals surface area (Å²) in [4.78, 5) is 33.1. The van der Waals surface area contributed by atoms with Crippen molar-refractivity contribution in [3.8, 4) is 11.1 Å². The molecule has 1 N–H and O–H groups in total. The van der Waals surface area contributed by atoms with Crippen LogP contribution in [0, 0.1) is 6.92 Å². The number of nitrogens with one attached hydrogen (secondary N) is 1. The van der Waals surface area contributed by atoms with Crippen LogP contribution in [0.15, 0.2) is 65.0 Å². The van der Waals surface area contributed by atoms with Crippen LogP contribution >= 0.6 is 11.3 Å². The molecule has 164 valence electrons. The molecule has 0 fully saturated rings. The van der Waals surface area contributed by atoms with Gasteiger partial charge in [-0.15, -0.1) is 11.3 Å². The van der Waals surface area contributed by atoms with Crippen LogP contribution in [0.25, 0.3) is 21.3 Å². The number of fused-ring (bicyclic) bond motifs is 1. The van der Waals surface area contributed by atoms with Crippen LogP contribution in [-0.2, 0) is 11.3 Å². The topological polar surface area (TPSA) is 67.2 Å². The fourth-order valence-electron chi connectivity index (χ4n) is 3.73. The number of anilines is 2. The minimum Gasteiger partial charge on any atom is -0.372 e. The van der Waals surface area contributed by atoms with E-state index in [-0.39, 0.29) is 18.0 Å².